The smallest absolute Gasteiger partial charge is 0.335 e. The molecular weight excluding hydrogens is 282 g/mol. The number of hydrogen-bond donors (Lipinski definition) is 1. The van der Waals surface area contributed by atoms with Crippen LogP contribution in [0.5, 0.6) is 0 Å². The highest BCUT2D eigenvalue weighted by Crippen LogP contribution is 2.42. The molecule has 0 radical (unpaired) electrons. The Morgan fingerprint density at radius 2 is 1.82 bits per heavy atom. The van der Waals surface area contributed by atoms with Crippen molar-refractivity contribution < 1.29 is 19.5 Å². The molecule has 0 aromatic heterocycles. The number of allylic oxidation sites excluding steroid dienone is 2. The summed E-state index contributed by atoms with van der Waals surface area (Å²) in [6.45, 7) is 3.94. The van der Waals surface area contributed by atoms with Crippen molar-refractivity contribution in [3.05, 3.63) is 41.5 Å². The van der Waals surface area contributed by atoms with Gasteiger partial charge in [-0.1, -0.05) is 18.6 Å². The van der Waals surface area contributed by atoms with E-state index in [1.54, 1.807) is 0 Å². The van der Waals surface area contributed by atoms with E-state index >= 15 is 0 Å². The average Bonchev–Trinajstić information content (AvgIpc) is 2.70. The number of hydrogen-bond acceptors (Lipinski definition) is 3. The van der Waals surface area contributed by atoms with E-state index in [4.69, 9.17) is 5.11 Å². The first-order valence-electron chi connectivity index (χ1n) is 7.28. The minimum Gasteiger partial charge on any atom is -0.478 e. The van der Waals surface area contributed by atoms with E-state index < -0.39 is 5.97 Å². The fraction of sp³-hybridized carbons (Fsp3) is 0.353. The first-order valence-corrected chi connectivity index (χ1v) is 7.28. The van der Waals surface area contributed by atoms with Crippen LogP contribution in [-0.2, 0) is 9.59 Å². The lowest BCUT2D eigenvalue weighted by Crippen LogP contribution is -2.31. The molecule has 1 aromatic rings. The van der Waals surface area contributed by atoms with Gasteiger partial charge in [0.1, 0.15) is 0 Å². The molecule has 1 saturated heterocycles. The van der Waals surface area contributed by atoms with Gasteiger partial charge in [-0.15, -0.1) is 0 Å². The molecule has 1 N–H and O–H groups in total. The van der Waals surface area contributed by atoms with Crippen LogP contribution in [0.15, 0.2) is 35.9 Å². The number of aromatic carboxylic acids is 1. The summed E-state index contributed by atoms with van der Waals surface area (Å²) < 4.78 is 0. The number of benzene rings is 1. The molecule has 1 fully saturated rings. The molecule has 22 heavy (non-hydrogen) atoms. The summed E-state index contributed by atoms with van der Waals surface area (Å²) in [5, 5.41) is 8.92. The van der Waals surface area contributed by atoms with E-state index in [9.17, 15) is 14.4 Å². The molecule has 0 spiro atoms. The second-order valence-electron chi connectivity index (χ2n) is 6.07. The summed E-state index contributed by atoms with van der Waals surface area (Å²) in [7, 11) is 0. The molecule has 1 aliphatic carbocycles. The summed E-state index contributed by atoms with van der Waals surface area (Å²) >= 11 is 0. The zero-order chi connectivity index (χ0) is 16.0. The number of rotatable bonds is 2. The van der Waals surface area contributed by atoms with Crippen LogP contribution in [0.3, 0.4) is 0 Å². The van der Waals surface area contributed by atoms with Crippen molar-refractivity contribution in [1.82, 2.24) is 0 Å². The van der Waals surface area contributed by atoms with Gasteiger partial charge in [0.15, 0.2) is 0 Å². The van der Waals surface area contributed by atoms with Crippen LogP contribution in [-0.4, -0.2) is 22.9 Å². The van der Waals surface area contributed by atoms with Crippen LogP contribution in [0.2, 0.25) is 0 Å². The molecule has 1 heterocycles. The molecule has 0 unspecified atom stereocenters. The number of imide groups is 1. The normalized spacial score (nSPS) is 27.6. The van der Waals surface area contributed by atoms with Crippen molar-refractivity contribution in [2.75, 3.05) is 4.90 Å². The molecule has 1 aromatic carbocycles. The van der Waals surface area contributed by atoms with Crippen molar-refractivity contribution in [3.8, 4) is 0 Å². The minimum atomic E-state index is -1.03. The van der Waals surface area contributed by atoms with Gasteiger partial charge < -0.3 is 5.11 Å². The van der Waals surface area contributed by atoms with Gasteiger partial charge in [-0.2, -0.15) is 0 Å². The van der Waals surface area contributed by atoms with Gasteiger partial charge in [0.25, 0.3) is 0 Å². The van der Waals surface area contributed by atoms with E-state index in [0.717, 1.165) is 5.57 Å². The highest BCUT2D eigenvalue weighted by Gasteiger charge is 2.51. The maximum atomic E-state index is 12.6. The Kier molecular flexibility index (Phi) is 3.35. The molecule has 2 aliphatic rings. The zero-order valence-electron chi connectivity index (χ0n) is 12.4. The first-order chi connectivity index (χ1) is 10.4. The van der Waals surface area contributed by atoms with Gasteiger partial charge in [0.05, 0.1) is 23.1 Å². The Hall–Kier alpha value is -2.43. The zero-order valence-corrected chi connectivity index (χ0v) is 12.4. The van der Waals surface area contributed by atoms with Crippen LogP contribution in [0, 0.1) is 17.8 Å². The summed E-state index contributed by atoms with van der Waals surface area (Å²) in [6.07, 6.45) is 2.67. The first kappa shape index (κ1) is 14.5. The highest BCUT2D eigenvalue weighted by molar-refractivity contribution is 6.22. The average molecular weight is 299 g/mol. The van der Waals surface area contributed by atoms with Crippen molar-refractivity contribution in [3.63, 3.8) is 0 Å². The Morgan fingerprint density at radius 3 is 2.41 bits per heavy atom. The van der Waals surface area contributed by atoms with Crippen molar-refractivity contribution in [1.29, 1.82) is 0 Å². The van der Waals surface area contributed by atoms with Gasteiger partial charge in [-0.25, -0.2) is 4.79 Å². The number of carboxylic acids is 1. The van der Waals surface area contributed by atoms with E-state index in [1.807, 2.05) is 13.8 Å². The Morgan fingerprint density at radius 1 is 1.18 bits per heavy atom. The molecule has 114 valence electrons. The third-order valence-electron chi connectivity index (χ3n) is 4.50. The number of carbonyl (C=O) groups excluding carboxylic acids is 2. The van der Waals surface area contributed by atoms with Crippen molar-refractivity contribution in [2.45, 2.75) is 20.3 Å². The standard InChI is InChI=1S/C17H17NO4/c1-9-7-10(2)14-13(8-9)15(19)18(16(14)20)12-5-3-11(4-6-12)17(21)22/h3-7,10,13-14H,8H2,1-2H3,(H,21,22)/t10-,13+,14+/m0/s1. The molecule has 2 amide bonds. The Balaban J connectivity index is 1.94. The van der Waals surface area contributed by atoms with Gasteiger partial charge in [0, 0.05) is 0 Å². The fourth-order valence-corrected chi connectivity index (χ4v) is 3.53. The summed E-state index contributed by atoms with van der Waals surface area (Å²) in [5.74, 6) is -1.97. The minimum absolute atomic E-state index is 0.0403. The molecule has 5 nitrogen and oxygen atoms in total. The number of anilines is 1. The number of nitrogens with zero attached hydrogens (tertiary/aromatic N) is 1. The number of carbonyl (C=O) groups is 3. The second kappa shape index (κ2) is 5.09. The van der Waals surface area contributed by atoms with Crippen LogP contribution in [0.4, 0.5) is 5.69 Å². The van der Waals surface area contributed by atoms with Gasteiger partial charge in [-0.05, 0) is 43.5 Å². The third-order valence-corrected chi connectivity index (χ3v) is 4.50. The van der Waals surface area contributed by atoms with Crippen LogP contribution >= 0.6 is 0 Å². The molecule has 5 heteroatoms. The van der Waals surface area contributed by atoms with Crippen LogP contribution in [0.1, 0.15) is 30.6 Å². The van der Waals surface area contributed by atoms with E-state index in [2.05, 4.69) is 6.08 Å². The van der Waals surface area contributed by atoms with Crippen LogP contribution in [0.25, 0.3) is 0 Å². The SMILES string of the molecule is CC1=C[C@H](C)[C@H]2C(=O)N(c3ccc(C(=O)O)cc3)C(=O)[C@@H]2C1. The summed E-state index contributed by atoms with van der Waals surface area (Å²) in [4.78, 5) is 37.4. The highest BCUT2D eigenvalue weighted by atomic mass is 16.4. The van der Waals surface area contributed by atoms with Gasteiger partial charge >= 0.3 is 5.97 Å². The molecule has 3 rings (SSSR count). The number of amides is 2. The number of fused-ring (bicyclic) bond motifs is 1. The monoisotopic (exact) mass is 299 g/mol. The van der Waals surface area contributed by atoms with E-state index in [0.29, 0.717) is 12.1 Å². The lowest BCUT2D eigenvalue weighted by molar-refractivity contribution is -0.122. The van der Waals surface area contributed by atoms with Crippen molar-refractivity contribution in [2.24, 2.45) is 17.8 Å². The molecule has 0 bridgehead atoms. The topological polar surface area (TPSA) is 74.7 Å². The quantitative estimate of drug-likeness (QED) is 0.672. The molecule has 3 atom stereocenters. The predicted molar refractivity (Wildman–Crippen MR) is 80.4 cm³/mol. The summed E-state index contributed by atoms with van der Waals surface area (Å²) in [5.41, 5.74) is 1.71. The lowest BCUT2D eigenvalue weighted by Gasteiger charge is -2.25. The molecule has 1 aliphatic heterocycles. The molecule has 0 saturated carbocycles. The van der Waals surface area contributed by atoms with E-state index in [1.165, 1.54) is 29.2 Å². The largest absolute Gasteiger partial charge is 0.478 e. The van der Waals surface area contributed by atoms with Gasteiger partial charge in [-0.3, -0.25) is 14.5 Å². The maximum Gasteiger partial charge on any atom is 0.335 e. The van der Waals surface area contributed by atoms with E-state index in [-0.39, 0.29) is 35.1 Å². The fourth-order valence-electron chi connectivity index (χ4n) is 3.53. The summed E-state index contributed by atoms with van der Waals surface area (Å²) in [6, 6.07) is 5.85. The Bertz CT molecular complexity index is 689. The third kappa shape index (κ3) is 2.13. The van der Waals surface area contributed by atoms with Gasteiger partial charge in [0.2, 0.25) is 11.8 Å². The molecular formula is C17H17NO4. The predicted octanol–water partition coefficient (Wildman–Crippen LogP) is 2.48. The Labute approximate surface area is 128 Å². The van der Waals surface area contributed by atoms with Crippen LogP contribution < -0.4 is 4.90 Å². The number of carboxylic acid groups (broad SMARTS) is 1. The second-order valence-corrected chi connectivity index (χ2v) is 6.07. The maximum absolute atomic E-state index is 12.6. The lowest BCUT2D eigenvalue weighted by atomic mass is 9.76. The van der Waals surface area contributed by atoms with Crippen molar-refractivity contribution >= 4 is 23.5 Å².